The quantitative estimate of drug-likeness (QED) is 0.748. The molecule has 2 heterocycles. The Hall–Kier alpha value is -1.66. The van der Waals surface area contributed by atoms with E-state index in [1.807, 2.05) is 0 Å². The zero-order valence-electron chi connectivity index (χ0n) is 13.8. The summed E-state index contributed by atoms with van der Waals surface area (Å²) in [5.41, 5.74) is -1.70. The van der Waals surface area contributed by atoms with Gasteiger partial charge in [-0.25, -0.2) is 4.39 Å². The van der Waals surface area contributed by atoms with E-state index in [2.05, 4.69) is 0 Å². The molecule has 3 aliphatic rings. The molecule has 128 valence electrons. The molecule has 1 saturated carbocycles. The Morgan fingerprint density at radius 3 is 2.57 bits per heavy atom. The lowest BCUT2D eigenvalue weighted by molar-refractivity contribution is -0.149. The monoisotopic (exact) mass is 325 g/mol. The van der Waals surface area contributed by atoms with Gasteiger partial charge in [-0.1, -0.05) is 0 Å². The topological polar surface area (TPSA) is 60.9 Å². The molecule has 0 spiro atoms. The molecule has 0 bridgehead atoms. The molecule has 2 saturated heterocycles. The number of hydrogen-bond acceptors (Lipinski definition) is 3. The van der Waals surface area contributed by atoms with Gasteiger partial charge in [-0.05, 0) is 31.6 Å². The first-order valence-corrected chi connectivity index (χ1v) is 8.29. The summed E-state index contributed by atoms with van der Waals surface area (Å²) in [6.45, 7) is 1.37. The Bertz CT molecular complexity index is 533. The van der Waals surface area contributed by atoms with Crippen molar-refractivity contribution in [3.63, 3.8) is 0 Å². The van der Waals surface area contributed by atoms with Crippen LogP contribution in [0.15, 0.2) is 0 Å². The number of carbonyl (C=O) groups is 3. The minimum atomic E-state index is -1.70. The molecule has 6 nitrogen and oxygen atoms in total. The van der Waals surface area contributed by atoms with E-state index < -0.39 is 11.6 Å². The van der Waals surface area contributed by atoms with Crippen LogP contribution in [0.25, 0.3) is 0 Å². The highest BCUT2D eigenvalue weighted by molar-refractivity contribution is 5.89. The first kappa shape index (κ1) is 16.2. The van der Waals surface area contributed by atoms with Crippen molar-refractivity contribution in [3.05, 3.63) is 0 Å². The Kier molecular flexibility index (Phi) is 4.06. The van der Waals surface area contributed by atoms with Gasteiger partial charge in [-0.3, -0.25) is 14.4 Å². The molecule has 0 aromatic carbocycles. The highest BCUT2D eigenvalue weighted by Gasteiger charge is 2.51. The number of halogens is 1. The fourth-order valence-corrected chi connectivity index (χ4v) is 3.72. The van der Waals surface area contributed by atoms with Crippen LogP contribution in [0, 0.1) is 11.8 Å². The highest BCUT2D eigenvalue weighted by Crippen LogP contribution is 2.40. The number of nitrogens with zero attached hydrogens (tertiary/aromatic N) is 3. The van der Waals surface area contributed by atoms with Crippen molar-refractivity contribution >= 4 is 17.7 Å². The number of fused-ring (bicyclic) bond motifs is 1. The first-order valence-electron chi connectivity index (χ1n) is 8.29. The third-order valence-electron chi connectivity index (χ3n) is 5.48. The molecule has 3 rings (SSSR count). The Morgan fingerprint density at radius 2 is 2.00 bits per heavy atom. The zero-order valence-corrected chi connectivity index (χ0v) is 13.8. The lowest BCUT2D eigenvalue weighted by Crippen LogP contribution is -2.50. The normalized spacial score (nSPS) is 29.1. The van der Waals surface area contributed by atoms with E-state index in [0.29, 0.717) is 32.5 Å². The standard InChI is InChI=1S/C16H24FN3O3/c1-18(2)13(21)10-19-7-4-11-8-20(9-12(11)14(19)22)15(23)16(17)5-3-6-16/h11-12H,3-10H2,1-2H3. The van der Waals surface area contributed by atoms with Gasteiger partial charge in [0.05, 0.1) is 12.5 Å². The van der Waals surface area contributed by atoms with Gasteiger partial charge in [0, 0.05) is 33.7 Å². The minimum absolute atomic E-state index is 0.0757. The molecule has 1 aliphatic carbocycles. The van der Waals surface area contributed by atoms with Crippen LogP contribution in [0.2, 0.25) is 0 Å². The molecule has 2 atom stereocenters. The van der Waals surface area contributed by atoms with Crippen molar-refractivity contribution in [1.29, 1.82) is 0 Å². The molecule has 23 heavy (non-hydrogen) atoms. The van der Waals surface area contributed by atoms with Crippen LogP contribution in [-0.2, 0) is 14.4 Å². The van der Waals surface area contributed by atoms with Crippen LogP contribution in [0.5, 0.6) is 0 Å². The predicted octanol–water partition coefficient (Wildman–Crippen LogP) is 0.274. The summed E-state index contributed by atoms with van der Waals surface area (Å²) in [6.07, 6.45) is 2.12. The second-order valence-corrected chi connectivity index (χ2v) is 7.23. The number of likely N-dealkylation sites (N-methyl/N-ethyl adjacent to an activating group) is 1. The summed E-state index contributed by atoms with van der Waals surface area (Å²) in [4.78, 5) is 41.3. The van der Waals surface area contributed by atoms with E-state index in [1.165, 1.54) is 9.80 Å². The summed E-state index contributed by atoms with van der Waals surface area (Å²) in [6, 6.07) is 0. The average Bonchev–Trinajstić information content (AvgIpc) is 2.91. The third-order valence-corrected chi connectivity index (χ3v) is 5.48. The molecular formula is C16H24FN3O3. The van der Waals surface area contributed by atoms with E-state index in [1.54, 1.807) is 19.0 Å². The fraction of sp³-hybridized carbons (Fsp3) is 0.812. The van der Waals surface area contributed by atoms with Crippen LogP contribution in [0.3, 0.4) is 0 Å². The van der Waals surface area contributed by atoms with Crippen molar-refractivity contribution in [1.82, 2.24) is 14.7 Å². The van der Waals surface area contributed by atoms with Crippen LogP contribution >= 0.6 is 0 Å². The summed E-state index contributed by atoms with van der Waals surface area (Å²) in [5.74, 6) is -0.817. The van der Waals surface area contributed by atoms with E-state index in [4.69, 9.17) is 0 Å². The van der Waals surface area contributed by atoms with Gasteiger partial charge >= 0.3 is 0 Å². The Labute approximate surface area is 135 Å². The maximum absolute atomic E-state index is 14.3. The second kappa shape index (κ2) is 5.76. The van der Waals surface area contributed by atoms with E-state index in [9.17, 15) is 18.8 Å². The van der Waals surface area contributed by atoms with Crippen molar-refractivity contribution < 1.29 is 18.8 Å². The number of amides is 3. The highest BCUT2D eigenvalue weighted by atomic mass is 19.1. The van der Waals surface area contributed by atoms with Gasteiger partial charge in [0.2, 0.25) is 11.8 Å². The van der Waals surface area contributed by atoms with Gasteiger partial charge in [-0.15, -0.1) is 0 Å². The van der Waals surface area contributed by atoms with Crippen LogP contribution in [0.1, 0.15) is 25.7 Å². The fourth-order valence-electron chi connectivity index (χ4n) is 3.72. The molecule has 7 heteroatoms. The van der Waals surface area contributed by atoms with Gasteiger partial charge in [-0.2, -0.15) is 0 Å². The number of carbonyl (C=O) groups excluding carboxylic acids is 3. The lowest BCUT2D eigenvalue weighted by atomic mass is 9.81. The number of hydrogen-bond donors (Lipinski definition) is 0. The van der Waals surface area contributed by atoms with Crippen LogP contribution in [0.4, 0.5) is 4.39 Å². The van der Waals surface area contributed by atoms with Crippen LogP contribution < -0.4 is 0 Å². The van der Waals surface area contributed by atoms with Crippen molar-refractivity contribution in [2.45, 2.75) is 31.4 Å². The van der Waals surface area contributed by atoms with Gasteiger partial charge in [0.25, 0.3) is 5.91 Å². The van der Waals surface area contributed by atoms with Gasteiger partial charge in [0.1, 0.15) is 0 Å². The Morgan fingerprint density at radius 1 is 1.30 bits per heavy atom. The molecule has 0 N–H and O–H groups in total. The summed E-state index contributed by atoms with van der Waals surface area (Å²) < 4.78 is 14.3. The second-order valence-electron chi connectivity index (χ2n) is 7.23. The molecule has 0 aromatic rings. The Balaban J connectivity index is 1.63. The molecule has 2 aliphatic heterocycles. The summed E-state index contributed by atoms with van der Waals surface area (Å²) in [5, 5.41) is 0. The minimum Gasteiger partial charge on any atom is -0.347 e. The van der Waals surface area contributed by atoms with E-state index in [0.717, 1.165) is 12.8 Å². The van der Waals surface area contributed by atoms with Crippen molar-refractivity contribution in [2.24, 2.45) is 11.8 Å². The number of piperidine rings is 1. The third kappa shape index (κ3) is 2.81. The largest absolute Gasteiger partial charge is 0.347 e. The molecule has 2 unspecified atom stereocenters. The SMILES string of the molecule is CN(C)C(=O)CN1CCC2CN(C(=O)C3(F)CCC3)CC2C1=O. The molecular weight excluding hydrogens is 301 g/mol. The van der Waals surface area contributed by atoms with E-state index in [-0.39, 0.29) is 30.2 Å². The number of likely N-dealkylation sites (tertiary alicyclic amines) is 2. The summed E-state index contributed by atoms with van der Waals surface area (Å²) >= 11 is 0. The number of rotatable bonds is 3. The van der Waals surface area contributed by atoms with Gasteiger partial charge in [0.15, 0.2) is 5.67 Å². The van der Waals surface area contributed by atoms with Crippen LogP contribution in [-0.4, -0.2) is 78.4 Å². The van der Waals surface area contributed by atoms with Crippen molar-refractivity contribution in [3.8, 4) is 0 Å². The number of alkyl halides is 1. The van der Waals surface area contributed by atoms with E-state index >= 15 is 0 Å². The maximum Gasteiger partial charge on any atom is 0.260 e. The molecule has 3 amide bonds. The maximum atomic E-state index is 14.3. The first-order chi connectivity index (χ1) is 10.8. The molecule has 0 aromatic heterocycles. The van der Waals surface area contributed by atoms with Gasteiger partial charge < -0.3 is 14.7 Å². The summed E-state index contributed by atoms with van der Waals surface area (Å²) in [7, 11) is 3.32. The molecule has 0 radical (unpaired) electrons. The predicted molar refractivity (Wildman–Crippen MR) is 81.1 cm³/mol. The average molecular weight is 325 g/mol. The smallest absolute Gasteiger partial charge is 0.260 e. The molecule has 3 fully saturated rings. The van der Waals surface area contributed by atoms with Crippen molar-refractivity contribution in [2.75, 3.05) is 40.3 Å². The lowest BCUT2D eigenvalue weighted by Gasteiger charge is -2.35. The zero-order chi connectivity index (χ0) is 16.8.